The summed E-state index contributed by atoms with van der Waals surface area (Å²) in [5, 5.41) is 0. The summed E-state index contributed by atoms with van der Waals surface area (Å²) in [7, 11) is 2.17. The fourth-order valence-corrected chi connectivity index (χ4v) is 3.44. The van der Waals surface area contributed by atoms with Crippen LogP contribution in [0.4, 0.5) is 0 Å². The predicted molar refractivity (Wildman–Crippen MR) is 103 cm³/mol. The normalized spacial score (nSPS) is 12.3. The lowest BCUT2D eigenvalue weighted by Gasteiger charge is -2.35. The van der Waals surface area contributed by atoms with Crippen molar-refractivity contribution in [2.24, 2.45) is 5.41 Å². The largest absolute Gasteiger partial charge is 0.377 e. The summed E-state index contributed by atoms with van der Waals surface area (Å²) < 4.78 is 0.333. The van der Waals surface area contributed by atoms with Gasteiger partial charge >= 0.3 is 0 Å². The molecule has 1 rings (SSSR count). The summed E-state index contributed by atoms with van der Waals surface area (Å²) in [6.07, 6.45) is 1.03. The van der Waals surface area contributed by atoms with E-state index in [9.17, 15) is 0 Å². The first-order chi connectivity index (χ1) is 10.0. The summed E-state index contributed by atoms with van der Waals surface area (Å²) >= 11 is 2.01. The Labute approximate surface area is 142 Å². The van der Waals surface area contributed by atoms with E-state index in [0.717, 1.165) is 18.7 Å². The third-order valence-electron chi connectivity index (χ3n) is 3.97. The van der Waals surface area contributed by atoms with Gasteiger partial charge in [0, 0.05) is 35.2 Å². The van der Waals surface area contributed by atoms with Crippen molar-refractivity contribution < 1.29 is 0 Å². The van der Waals surface area contributed by atoms with Gasteiger partial charge in [-0.05, 0) is 18.9 Å². The number of hydrogen-bond acceptors (Lipinski definition) is 2. The maximum atomic E-state index is 4.37. The highest BCUT2D eigenvalue weighted by atomic mass is 32.2. The molecule has 124 valence electrons. The number of benzene rings is 1. The maximum absolute atomic E-state index is 4.37. The fraction of sp³-hybridized carbons (Fsp3) is 0.600. The van der Waals surface area contributed by atoms with E-state index in [1.807, 2.05) is 11.8 Å². The van der Waals surface area contributed by atoms with E-state index in [4.69, 9.17) is 0 Å². The molecular weight excluding hydrogens is 286 g/mol. The molecule has 0 amide bonds. The molecule has 0 saturated carbocycles. The predicted octanol–water partition coefficient (Wildman–Crippen LogP) is 5.54. The molecule has 0 atom stereocenters. The minimum Gasteiger partial charge on any atom is -0.377 e. The van der Waals surface area contributed by atoms with Crippen LogP contribution in [0.5, 0.6) is 0 Å². The van der Waals surface area contributed by atoms with E-state index >= 15 is 0 Å². The van der Waals surface area contributed by atoms with Crippen LogP contribution in [0.3, 0.4) is 0 Å². The Morgan fingerprint density at radius 3 is 2.14 bits per heavy atom. The van der Waals surface area contributed by atoms with Gasteiger partial charge in [0.2, 0.25) is 0 Å². The second-order valence-electron chi connectivity index (χ2n) is 7.88. The second kappa shape index (κ2) is 7.59. The van der Waals surface area contributed by atoms with Gasteiger partial charge in [0.1, 0.15) is 0 Å². The van der Waals surface area contributed by atoms with E-state index in [1.54, 1.807) is 0 Å². The SMILES string of the molecule is C=C(N(C)CCSC(C)(C)C)C(C)(C)Cc1ccc(C)cc1. The zero-order valence-electron chi connectivity index (χ0n) is 15.5. The van der Waals surface area contributed by atoms with Crippen LogP contribution in [-0.2, 0) is 6.42 Å². The van der Waals surface area contributed by atoms with Crippen molar-refractivity contribution in [1.82, 2.24) is 4.90 Å². The van der Waals surface area contributed by atoms with Gasteiger partial charge in [-0.2, -0.15) is 11.8 Å². The number of aryl methyl sites for hydroxylation is 1. The lowest BCUT2D eigenvalue weighted by Crippen LogP contribution is -2.31. The molecule has 0 heterocycles. The van der Waals surface area contributed by atoms with Crippen LogP contribution in [0.25, 0.3) is 0 Å². The van der Waals surface area contributed by atoms with Crippen molar-refractivity contribution in [3.63, 3.8) is 0 Å². The molecule has 0 saturated heterocycles. The lowest BCUT2D eigenvalue weighted by molar-refractivity contribution is 0.302. The Hall–Kier alpha value is -0.890. The number of thioether (sulfide) groups is 1. The zero-order valence-corrected chi connectivity index (χ0v) is 16.3. The molecule has 0 aliphatic rings. The minimum atomic E-state index is 0.0798. The molecule has 0 radical (unpaired) electrons. The highest BCUT2D eigenvalue weighted by Crippen LogP contribution is 2.32. The minimum absolute atomic E-state index is 0.0798. The molecule has 1 aromatic rings. The van der Waals surface area contributed by atoms with E-state index in [2.05, 4.69) is 84.3 Å². The van der Waals surface area contributed by atoms with Gasteiger partial charge in [-0.3, -0.25) is 0 Å². The Kier molecular flexibility index (Phi) is 6.61. The third-order valence-corrected chi connectivity index (χ3v) is 5.22. The average Bonchev–Trinajstić information content (AvgIpc) is 2.38. The third kappa shape index (κ3) is 6.48. The van der Waals surface area contributed by atoms with Gasteiger partial charge in [-0.25, -0.2) is 0 Å². The first-order valence-electron chi connectivity index (χ1n) is 8.11. The molecule has 0 fully saturated rings. The second-order valence-corrected chi connectivity index (χ2v) is 9.80. The van der Waals surface area contributed by atoms with E-state index < -0.39 is 0 Å². The van der Waals surface area contributed by atoms with Crippen molar-refractivity contribution in [3.05, 3.63) is 47.7 Å². The molecule has 2 heteroatoms. The van der Waals surface area contributed by atoms with Gasteiger partial charge in [-0.15, -0.1) is 0 Å². The first-order valence-corrected chi connectivity index (χ1v) is 9.10. The van der Waals surface area contributed by atoms with Gasteiger partial charge in [0.25, 0.3) is 0 Å². The van der Waals surface area contributed by atoms with Crippen LogP contribution < -0.4 is 0 Å². The molecule has 0 N–H and O–H groups in total. The molecule has 1 nitrogen and oxygen atoms in total. The summed E-state index contributed by atoms with van der Waals surface area (Å²) in [5.74, 6) is 1.14. The van der Waals surface area contributed by atoms with E-state index in [0.29, 0.717) is 4.75 Å². The number of nitrogens with zero attached hydrogens (tertiary/aromatic N) is 1. The molecular formula is C20H33NS. The Morgan fingerprint density at radius 1 is 1.09 bits per heavy atom. The maximum Gasteiger partial charge on any atom is 0.0262 e. The Morgan fingerprint density at radius 2 is 1.64 bits per heavy atom. The molecule has 0 bridgehead atoms. The molecule has 0 unspecified atom stereocenters. The Balaban J connectivity index is 2.59. The van der Waals surface area contributed by atoms with Crippen LogP contribution in [-0.4, -0.2) is 29.0 Å². The van der Waals surface area contributed by atoms with E-state index in [1.165, 1.54) is 16.8 Å². The van der Waals surface area contributed by atoms with Crippen molar-refractivity contribution in [2.75, 3.05) is 19.3 Å². The van der Waals surface area contributed by atoms with Gasteiger partial charge < -0.3 is 4.90 Å². The highest BCUT2D eigenvalue weighted by Gasteiger charge is 2.25. The van der Waals surface area contributed by atoms with Crippen LogP contribution >= 0.6 is 11.8 Å². The van der Waals surface area contributed by atoms with Crippen molar-refractivity contribution in [3.8, 4) is 0 Å². The van der Waals surface area contributed by atoms with Crippen LogP contribution in [0, 0.1) is 12.3 Å². The van der Waals surface area contributed by atoms with Crippen LogP contribution in [0.15, 0.2) is 36.5 Å². The summed E-state index contributed by atoms with van der Waals surface area (Å²) in [5.41, 5.74) is 4.00. The van der Waals surface area contributed by atoms with Crippen molar-refractivity contribution >= 4 is 11.8 Å². The van der Waals surface area contributed by atoms with Crippen LogP contribution in [0.2, 0.25) is 0 Å². The molecule has 0 aliphatic heterocycles. The monoisotopic (exact) mass is 319 g/mol. The van der Waals surface area contributed by atoms with Crippen molar-refractivity contribution in [1.29, 1.82) is 0 Å². The number of rotatable bonds is 7. The summed E-state index contributed by atoms with van der Waals surface area (Å²) in [6.45, 7) is 19.0. The van der Waals surface area contributed by atoms with Crippen LogP contribution in [0.1, 0.15) is 45.7 Å². The average molecular weight is 320 g/mol. The van der Waals surface area contributed by atoms with Crippen molar-refractivity contribution in [2.45, 2.75) is 52.7 Å². The highest BCUT2D eigenvalue weighted by molar-refractivity contribution is 8.00. The summed E-state index contributed by atoms with van der Waals surface area (Å²) in [4.78, 5) is 2.33. The van der Waals surface area contributed by atoms with Gasteiger partial charge in [0.15, 0.2) is 0 Å². The number of hydrogen-bond donors (Lipinski definition) is 0. The molecule has 1 aromatic carbocycles. The molecule has 0 spiro atoms. The molecule has 22 heavy (non-hydrogen) atoms. The topological polar surface area (TPSA) is 3.24 Å². The van der Waals surface area contributed by atoms with Gasteiger partial charge in [0.05, 0.1) is 0 Å². The fourth-order valence-electron chi connectivity index (χ4n) is 2.46. The first kappa shape index (κ1) is 19.2. The van der Waals surface area contributed by atoms with E-state index in [-0.39, 0.29) is 5.41 Å². The standard InChI is InChI=1S/C20H33NS/c1-16-9-11-18(12-10-16)15-20(6,7)17(2)21(8)13-14-22-19(3,4)5/h9-12H,2,13-15H2,1,3-8H3. The lowest BCUT2D eigenvalue weighted by atomic mass is 9.82. The quantitative estimate of drug-likeness (QED) is 0.649. The Bertz CT molecular complexity index is 479. The smallest absolute Gasteiger partial charge is 0.0262 e. The zero-order chi connectivity index (χ0) is 17.0. The summed E-state index contributed by atoms with van der Waals surface area (Å²) in [6, 6.07) is 8.86. The number of allylic oxidation sites excluding steroid dienone is 1. The van der Waals surface area contributed by atoms with Gasteiger partial charge in [-0.1, -0.05) is 71.0 Å². The molecule has 0 aliphatic carbocycles. The molecule has 0 aromatic heterocycles.